The number of rotatable bonds is 3. The summed E-state index contributed by atoms with van der Waals surface area (Å²) in [6, 6.07) is 9.64. The molecule has 11 heteroatoms. The fourth-order valence-corrected chi connectivity index (χ4v) is 5.62. The van der Waals surface area contributed by atoms with Crippen molar-refractivity contribution in [3.8, 4) is 0 Å². The molecule has 0 bridgehead atoms. The van der Waals surface area contributed by atoms with E-state index in [9.17, 15) is 27.6 Å². The molecule has 0 spiro atoms. The Balaban J connectivity index is 1.24. The fourth-order valence-electron chi connectivity index (χ4n) is 4.50. The number of piperidine rings is 1. The van der Waals surface area contributed by atoms with Crippen LogP contribution in [0.1, 0.15) is 52.2 Å². The molecule has 5 rings (SSSR count). The van der Waals surface area contributed by atoms with Crippen LogP contribution in [0.3, 0.4) is 0 Å². The Morgan fingerprint density at radius 2 is 1.80 bits per heavy atom. The standard InChI is InChI=1S/C24H21F3N4O3S/c1-23(21(33)29-22(34)30-23)15-4-2-14(3-5-15)20(32)31-10-8-13(9-11-31)19-28-17-12-16(24(25,26)27)6-7-18(17)35-19/h2-7,12-13H,8-11H2,1H3,(H2,29,30,33,34). The second-order valence-corrected chi connectivity index (χ2v) is 9.97. The highest BCUT2D eigenvalue weighted by atomic mass is 32.1. The lowest BCUT2D eigenvalue weighted by atomic mass is 9.91. The number of carbonyl (C=O) groups excluding carboxylic acids is 3. The molecule has 3 heterocycles. The lowest BCUT2D eigenvalue weighted by molar-refractivity contribution is -0.137. The van der Waals surface area contributed by atoms with Gasteiger partial charge in [0.25, 0.3) is 11.8 Å². The van der Waals surface area contributed by atoms with Crippen LogP contribution in [-0.2, 0) is 16.5 Å². The maximum atomic E-state index is 13.0. The quantitative estimate of drug-likeness (QED) is 0.520. The number of fused-ring (bicyclic) bond motifs is 1. The smallest absolute Gasteiger partial charge is 0.339 e. The van der Waals surface area contributed by atoms with Crippen molar-refractivity contribution >= 4 is 39.4 Å². The van der Waals surface area contributed by atoms with Crippen molar-refractivity contribution in [3.05, 3.63) is 64.2 Å². The number of amides is 4. The molecule has 2 aromatic carbocycles. The molecule has 1 aromatic heterocycles. The predicted molar refractivity (Wildman–Crippen MR) is 123 cm³/mol. The molecule has 2 aliphatic rings. The van der Waals surface area contributed by atoms with Gasteiger partial charge in [0, 0.05) is 24.6 Å². The number of nitrogens with one attached hydrogen (secondary N) is 2. The zero-order valence-corrected chi connectivity index (χ0v) is 19.4. The summed E-state index contributed by atoms with van der Waals surface area (Å²) in [5.41, 5.74) is -0.506. The first-order chi connectivity index (χ1) is 16.5. The minimum atomic E-state index is -4.41. The van der Waals surface area contributed by atoms with Gasteiger partial charge < -0.3 is 10.2 Å². The zero-order valence-electron chi connectivity index (χ0n) is 18.6. The van der Waals surface area contributed by atoms with E-state index in [1.54, 1.807) is 36.1 Å². The molecule has 0 aliphatic carbocycles. The summed E-state index contributed by atoms with van der Waals surface area (Å²) in [4.78, 5) is 42.8. The lowest BCUT2D eigenvalue weighted by Gasteiger charge is -2.31. The van der Waals surface area contributed by atoms with Crippen LogP contribution in [0, 0.1) is 0 Å². The molecule has 1 unspecified atom stereocenters. The van der Waals surface area contributed by atoms with E-state index < -0.39 is 29.2 Å². The maximum Gasteiger partial charge on any atom is 0.416 e. The van der Waals surface area contributed by atoms with Gasteiger partial charge in [0.15, 0.2) is 0 Å². The third-order valence-electron chi connectivity index (χ3n) is 6.62. The van der Waals surface area contributed by atoms with Crippen LogP contribution in [0.15, 0.2) is 42.5 Å². The van der Waals surface area contributed by atoms with Crippen LogP contribution in [-0.4, -0.2) is 40.8 Å². The number of halogens is 3. The Kier molecular flexibility index (Phi) is 5.54. The molecule has 0 saturated carbocycles. The first kappa shape index (κ1) is 23.3. The average Bonchev–Trinajstić information content (AvgIpc) is 3.37. The number of benzene rings is 2. The first-order valence-corrected chi connectivity index (χ1v) is 11.9. The number of nitrogens with zero attached hydrogens (tertiary/aromatic N) is 2. The van der Waals surface area contributed by atoms with Crippen molar-refractivity contribution < 1.29 is 27.6 Å². The molecular formula is C24H21F3N4O3S. The summed E-state index contributed by atoms with van der Waals surface area (Å²) in [5, 5.41) is 5.60. The molecule has 1 atom stereocenters. The molecule has 0 radical (unpaired) electrons. The van der Waals surface area contributed by atoms with Crippen LogP contribution in [0.5, 0.6) is 0 Å². The van der Waals surface area contributed by atoms with Gasteiger partial charge in [-0.1, -0.05) is 12.1 Å². The molecule has 7 nitrogen and oxygen atoms in total. The number of urea groups is 1. The predicted octanol–water partition coefficient (Wildman–Crippen LogP) is 4.39. The van der Waals surface area contributed by atoms with Crippen LogP contribution in [0.25, 0.3) is 10.2 Å². The molecule has 3 aromatic rings. The topological polar surface area (TPSA) is 91.4 Å². The highest BCUT2D eigenvalue weighted by Gasteiger charge is 2.43. The van der Waals surface area contributed by atoms with E-state index in [-0.39, 0.29) is 11.8 Å². The zero-order chi connectivity index (χ0) is 25.0. The SMILES string of the molecule is CC1(c2ccc(C(=O)N3CCC(c4nc5cc(C(F)(F)F)ccc5s4)CC3)cc2)NC(=O)NC1=O. The van der Waals surface area contributed by atoms with E-state index >= 15 is 0 Å². The third kappa shape index (κ3) is 4.24. The van der Waals surface area contributed by atoms with Crippen LogP contribution in [0.2, 0.25) is 0 Å². The van der Waals surface area contributed by atoms with Crippen molar-refractivity contribution in [2.75, 3.05) is 13.1 Å². The van der Waals surface area contributed by atoms with Crippen molar-refractivity contribution in [1.29, 1.82) is 0 Å². The molecule has 2 N–H and O–H groups in total. The van der Waals surface area contributed by atoms with Gasteiger partial charge in [-0.05, 0) is 55.7 Å². The largest absolute Gasteiger partial charge is 0.416 e. The number of imide groups is 1. The van der Waals surface area contributed by atoms with E-state index in [0.717, 1.165) is 17.1 Å². The molecule has 182 valence electrons. The van der Waals surface area contributed by atoms with Gasteiger partial charge in [-0.15, -0.1) is 11.3 Å². The number of hydrogen-bond donors (Lipinski definition) is 2. The number of alkyl halides is 3. The molecule has 2 fully saturated rings. The summed E-state index contributed by atoms with van der Waals surface area (Å²) in [5.74, 6) is -0.509. The van der Waals surface area contributed by atoms with Crippen LogP contribution >= 0.6 is 11.3 Å². The van der Waals surface area contributed by atoms with E-state index in [1.807, 2.05) is 0 Å². The van der Waals surface area contributed by atoms with Crippen molar-refractivity contribution in [3.63, 3.8) is 0 Å². The number of hydrogen-bond acceptors (Lipinski definition) is 5. The summed E-state index contributed by atoms with van der Waals surface area (Å²) < 4.78 is 39.7. The number of likely N-dealkylation sites (tertiary alicyclic amines) is 1. The molecule has 4 amide bonds. The van der Waals surface area contributed by atoms with Crippen molar-refractivity contribution in [1.82, 2.24) is 20.5 Å². The lowest BCUT2D eigenvalue weighted by Crippen LogP contribution is -2.40. The summed E-state index contributed by atoms with van der Waals surface area (Å²) in [6.45, 7) is 2.61. The summed E-state index contributed by atoms with van der Waals surface area (Å²) in [6.07, 6.45) is -3.07. The minimum Gasteiger partial charge on any atom is -0.339 e. The van der Waals surface area contributed by atoms with Crippen molar-refractivity contribution in [2.24, 2.45) is 0 Å². The normalized spacial score (nSPS) is 21.3. The highest BCUT2D eigenvalue weighted by molar-refractivity contribution is 7.18. The van der Waals surface area contributed by atoms with Gasteiger partial charge in [0.1, 0.15) is 5.54 Å². The highest BCUT2D eigenvalue weighted by Crippen LogP contribution is 2.37. The Morgan fingerprint density at radius 1 is 1.11 bits per heavy atom. The van der Waals surface area contributed by atoms with Crippen LogP contribution in [0.4, 0.5) is 18.0 Å². The first-order valence-electron chi connectivity index (χ1n) is 11.1. The summed E-state index contributed by atoms with van der Waals surface area (Å²) in [7, 11) is 0. The van der Waals surface area contributed by atoms with Gasteiger partial charge in [-0.3, -0.25) is 14.9 Å². The van der Waals surface area contributed by atoms with E-state index in [2.05, 4.69) is 15.6 Å². The van der Waals surface area contributed by atoms with Gasteiger partial charge in [-0.25, -0.2) is 9.78 Å². The molecular weight excluding hydrogens is 481 g/mol. The Labute approximate surface area is 202 Å². The van der Waals surface area contributed by atoms with E-state index in [1.165, 1.54) is 17.4 Å². The fraction of sp³-hybridized carbons (Fsp3) is 0.333. The second kappa shape index (κ2) is 8.33. The Morgan fingerprint density at radius 3 is 2.40 bits per heavy atom. The number of thiazole rings is 1. The van der Waals surface area contributed by atoms with Gasteiger partial charge in [0.05, 0.1) is 20.8 Å². The Hall–Kier alpha value is -3.47. The van der Waals surface area contributed by atoms with E-state index in [4.69, 9.17) is 0 Å². The van der Waals surface area contributed by atoms with Gasteiger partial charge in [0.2, 0.25) is 0 Å². The van der Waals surface area contributed by atoms with Crippen molar-refractivity contribution in [2.45, 2.75) is 37.4 Å². The molecule has 2 saturated heterocycles. The van der Waals surface area contributed by atoms with E-state index in [0.29, 0.717) is 47.3 Å². The molecule has 35 heavy (non-hydrogen) atoms. The number of aromatic nitrogens is 1. The van der Waals surface area contributed by atoms with Gasteiger partial charge >= 0.3 is 12.2 Å². The molecule has 2 aliphatic heterocycles. The summed E-state index contributed by atoms with van der Waals surface area (Å²) >= 11 is 1.40. The monoisotopic (exact) mass is 502 g/mol. The Bertz CT molecular complexity index is 1330. The second-order valence-electron chi connectivity index (χ2n) is 8.91. The maximum absolute atomic E-state index is 13.0. The van der Waals surface area contributed by atoms with Crippen LogP contribution < -0.4 is 10.6 Å². The minimum absolute atomic E-state index is 0.0811. The number of carbonyl (C=O) groups is 3. The van der Waals surface area contributed by atoms with Gasteiger partial charge in [-0.2, -0.15) is 13.2 Å². The third-order valence-corrected chi connectivity index (χ3v) is 7.82. The average molecular weight is 503 g/mol.